The number of rotatable bonds is 6. The largest absolute Gasteiger partial charge is 0.480 e. The number of alkyl carbamates (subject to hydrolysis) is 1. The molecule has 3 N–H and O–H groups in total. The Morgan fingerprint density at radius 3 is 2.04 bits per heavy atom. The highest BCUT2D eigenvalue weighted by molar-refractivity contribution is 5.81. The summed E-state index contributed by atoms with van der Waals surface area (Å²) in [6.45, 7) is 3.45. The molecule has 6 heteroatoms. The maximum Gasteiger partial charge on any atom is 0.407 e. The second-order valence-electron chi connectivity index (χ2n) is 7.02. The van der Waals surface area contributed by atoms with Crippen molar-refractivity contribution in [2.24, 2.45) is 5.92 Å². The van der Waals surface area contributed by atoms with Crippen molar-refractivity contribution in [3.63, 3.8) is 0 Å². The van der Waals surface area contributed by atoms with Crippen molar-refractivity contribution in [1.82, 2.24) is 5.32 Å². The van der Waals surface area contributed by atoms with E-state index in [1.165, 1.54) is 0 Å². The fourth-order valence-electron chi connectivity index (χ4n) is 3.45. The fourth-order valence-corrected chi connectivity index (χ4v) is 3.45. The van der Waals surface area contributed by atoms with E-state index in [1.807, 2.05) is 48.5 Å². The quantitative estimate of drug-likeness (QED) is 0.727. The van der Waals surface area contributed by atoms with Crippen LogP contribution < -0.4 is 5.32 Å². The molecule has 1 aliphatic carbocycles. The summed E-state index contributed by atoms with van der Waals surface area (Å²) in [5.41, 5.74) is 4.37. The van der Waals surface area contributed by atoms with Crippen molar-refractivity contribution < 1.29 is 24.5 Å². The molecule has 0 heterocycles. The number of hydrogen-bond acceptors (Lipinski definition) is 4. The zero-order chi connectivity index (χ0) is 19.6. The molecule has 0 spiro atoms. The van der Waals surface area contributed by atoms with Crippen LogP contribution in [0.1, 0.15) is 30.9 Å². The van der Waals surface area contributed by atoms with Crippen LogP contribution >= 0.6 is 0 Å². The number of benzene rings is 2. The number of fused-ring (bicyclic) bond motifs is 3. The first-order valence-corrected chi connectivity index (χ1v) is 8.92. The predicted molar refractivity (Wildman–Crippen MR) is 100 cm³/mol. The fraction of sp³-hybridized carbons (Fsp3) is 0.333. The zero-order valence-electron chi connectivity index (χ0n) is 15.3. The van der Waals surface area contributed by atoms with Gasteiger partial charge in [0.05, 0.1) is 6.10 Å². The van der Waals surface area contributed by atoms with E-state index in [1.54, 1.807) is 13.8 Å². The Bertz CT molecular complexity index is 802. The van der Waals surface area contributed by atoms with Crippen molar-refractivity contribution in [2.75, 3.05) is 6.61 Å². The van der Waals surface area contributed by atoms with Gasteiger partial charge in [-0.15, -0.1) is 0 Å². The van der Waals surface area contributed by atoms with Crippen molar-refractivity contribution in [3.05, 3.63) is 59.7 Å². The summed E-state index contributed by atoms with van der Waals surface area (Å²) in [5, 5.41) is 21.5. The Kier molecular flexibility index (Phi) is 5.46. The Morgan fingerprint density at radius 2 is 1.56 bits per heavy atom. The number of aliphatic hydroxyl groups excluding tert-OH is 1. The van der Waals surface area contributed by atoms with Gasteiger partial charge in [0.25, 0.3) is 0 Å². The number of carbonyl (C=O) groups excluding carboxylic acids is 1. The van der Waals surface area contributed by atoms with Gasteiger partial charge in [0.2, 0.25) is 0 Å². The molecular weight excluding hydrogens is 346 g/mol. The van der Waals surface area contributed by atoms with E-state index >= 15 is 0 Å². The van der Waals surface area contributed by atoms with Gasteiger partial charge < -0.3 is 20.3 Å². The number of amides is 1. The second kappa shape index (κ2) is 7.80. The number of carboxylic acids is 1. The van der Waals surface area contributed by atoms with Gasteiger partial charge in [-0.1, -0.05) is 62.4 Å². The van der Waals surface area contributed by atoms with Gasteiger partial charge in [-0.25, -0.2) is 9.59 Å². The van der Waals surface area contributed by atoms with Gasteiger partial charge in [0.15, 0.2) is 6.04 Å². The molecule has 2 aromatic rings. The van der Waals surface area contributed by atoms with Crippen molar-refractivity contribution in [1.29, 1.82) is 0 Å². The maximum atomic E-state index is 12.2. The molecule has 27 heavy (non-hydrogen) atoms. The van der Waals surface area contributed by atoms with E-state index in [4.69, 9.17) is 4.74 Å². The van der Waals surface area contributed by atoms with Crippen LogP contribution in [0, 0.1) is 5.92 Å². The van der Waals surface area contributed by atoms with E-state index < -0.39 is 24.2 Å². The molecule has 1 unspecified atom stereocenters. The standard InChI is InChI=1S/C21H23NO5/c1-12(2)19(23)18(20(24)25)22-21(26)27-11-17-15-9-5-3-7-13(15)14-8-4-6-10-16(14)17/h3-10,12,17-19,23H,11H2,1-2H3,(H,22,26)(H,24,25)/t18-,19?/m0/s1. The highest BCUT2D eigenvalue weighted by Crippen LogP contribution is 2.44. The lowest BCUT2D eigenvalue weighted by atomic mass is 9.98. The highest BCUT2D eigenvalue weighted by atomic mass is 16.5. The summed E-state index contributed by atoms with van der Waals surface area (Å²) in [4.78, 5) is 23.5. The smallest absolute Gasteiger partial charge is 0.407 e. The summed E-state index contributed by atoms with van der Waals surface area (Å²) in [6.07, 6.45) is -2.06. The summed E-state index contributed by atoms with van der Waals surface area (Å²) in [7, 11) is 0. The van der Waals surface area contributed by atoms with Gasteiger partial charge in [-0.05, 0) is 28.2 Å². The minimum atomic E-state index is -1.42. The third-order valence-corrected chi connectivity index (χ3v) is 4.91. The van der Waals surface area contributed by atoms with Crippen LogP contribution in [-0.2, 0) is 9.53 Å². The maximum absolute atomic E-state index is 12.2. The van der Waals surface area contributed by atoms with E-state index in [9.17, 15) is 19.8 Å². The van der Waals surface area contributed by atoms with E-state index in [2.05, 4.69) is 5.32 Å². The lowest BCUT2D eigenvalue weighted by Crippen LogP contribution is -2.50. The molecule has 2 atom stereocenters. The molecule has 142 valence electrons. The van der Waals surface area contributed by atoms with Gasteiger partial charge in [-0.2, -0.15) is 0 Å². The Morgan fingerprint density at radius 1 is 1.04 bits per heavy atom. The van der Waals surface area contributed by atoms with E-state index in [0.29, 0.717) is 0 Å². The SMILES string of the molecule is CC(C)C(O)[C@H](NC(=O)OCC1c2ccccc2-c2ccccc21)C(=O)O. The molecular formula is C21H23NO5. The number of hydrogen-bond donors (Lipinski definition) is 3. The first-order valence-electron chi connectivity index (χ1n) is 8.92. The van der Waals surface area contributed by atoms with Gasteiger partial charge in [0, 0.05) is 5.92 Å². The Balaban J connectivity index is 1.71. The molecule has 6 nitrogen and oxygen atoms in total. The molecule has 1 amide bonds. The zero-order valence-corrected chi connectivity index (χ0v) is 15.3. The van der Waals surface area contributed by atoms with Gasteiger partial charge >= 0.3 is 12.1 Å². The summed E-state index contributed by atoms with van der Waals surface area (Å²) in [5.74, 6) is -1.73. The monoisotopic (exact) mass is 369 g/mol. The minimum Gasteiger partial charge on any atom is -0.480 e. The number of carboxylic acid groups (broad SMARTS) is 1. The Hall–Kier alpha value is -2.86. The van der Waals surface area contributed by atoms with Crippen LogP contribution in [0.5, 0.6) is 0 Å². The highest BCUT2D eigenvalue weighted by Gasteiger charge is 2.32. The Labute approximate surface area is 157 Å². The summed E-state index contributed by atoms with van der Waals surface area (Å²) in [6, 6.07) is 14.5. The van der Waals surface area contributed by atoms with Crippen molar-refractivity contribution in [3.8, 4) is 11.1 Å². The number of nitrogens with one attached hydrogen (secondary N) is 1. The average molecular weight is 369 g/mol. The molecule has 0 bridgehead atoms. The third-order valence-electron chi connectivity index (χ3n) is 4.91. The van der Waals surface area contributed by atoms with Crippen LogP contribution in [0.25, 0.3) is 11.1 Å². The van der Waals surface area contributed by atoms with E-state index in [0.717, 1.165) is 22.3 Å². The lowest BCUT2D eigenvalue weighted by molar-refractivity contribution is -0.143. The molecule has 0 aromatic heterocycles. The van der Waals surface area contributed by atoms with Crippen LogP contribution in [0.2, 0.25) is 0 Å². The first-order chi connectivity index (χ1) is 12.9. The van der Waals surface area contributed by atoms with Gasteiger partial charge in [-0.3, -0.25) is 0 Å². The number of ether oxygens (including phenoxy) is 1. The lowest BCUT2D eigenvalue weighted by Gasteiger charge is -2.23. The molecule has 0 aliphatic heterocycles. The van der Waals surface area contributed by atoms with Crippen LogP contribution in [0.4, 0.5) is 4.79 Å². The molecule has 1 aliphatic rings. The number of aliphatic carboxylic acids is 1. The molecule has 3 rings (SSSR count). The minimum absolute atomic E-state index is 0.0873. The predicted octanol–water partition coefficient (Wildman–Crippen LogP) is 3.00. The van der Waals surface area contributed by atoms with Crippen LogP contribution in [0.15, 0.2) is 48.5 Å². The van der Waals surface area contributed by atoms with Crippen molar-refractivity contribution in [2.45, 2.75) is 31.9 Å². The topological polar surface area (TPSA) is 95.9 Å². The van der Waals surface area contributed by atoms with Gasteiger partial charge in [0.1, 0.15) is 6.61 Å². The number of aliphatic hydroxyl groups is 1. The molecule has 0 saturated carbocycles. The van der Waals surface area contributed by atoms with Crippen LogP contribution in [0.3, 0.4) is 0 Å². The molecule has 0 radical (unpaired) electrons. The van der Waals surface area contributed by atoms with Crippen LogP contribution in [-0.4, -0.2) is 41.0 Å². The van der Waals surface area contributed by atoms with E-state index in [-0.39, 0.29) is 18.4 Å². The number of carbonyl (C=O) groups is 2. The third kappa shape index (κ3) is 3.80. The summed E-state index contributed by atoms with van der Waals surface area (Å²) < 4.78 is 5.33. The molecule has 0 saturated heterocycles. The molecule has 0 fully saturated rings. The normalized spacial score (nSPS) is 15.0. The van der Waals surface area contributed by atoms with Crippen molar-refractivity contribution >= 4 is 12.1 Å². The second-order valence-corrected chi connectivity index (χ2v) is 7.02. The molecule has 2 aromatic carbocycles. The summed E-state index contributed by atoms with van der Waals surface area (Å²) >= 11 is 0. The first kappa shape index (κ1) is 18.9. The average Bonchev–Trinajstić information content (AvgIpc) is 2.97.